The lowest BCUT2D eigenvalue weighted by Gasteiger charge is -2.22. The maximum Gasteiger partial charge on any atom is 0.338 e. The van der Waals surface area contributed by atoms with Crippen LogP contribution in [0.2, 0.25) is 0 Å². The average Bonchev–Trinajstić information content (AvgIpc) is 2.98. The Morgan fingerprint density at radius 2 is 1.90 bits per heavy atom. The number of carbonyl (C=O) groups excluding carboxylic acids is 2. The van der Waals surface area contributed by atoms with Crippen LogP contribution in [0.5, 0.6) is 0 Å². The predicted molar refractivity (Wildman–Crippen MR) is 104 cm³/mol. The number of ketones is 1. The lowest BCUT2D eigenvalue weighted by Crippen LogP contribution is -2.29. The SMILES string of the molecule is CCCCC(F)(F)C(=O)C=C[C@@H]1[C@@H](CC(=O)O)[C@@H](O)C[C@H]1OC(=O)c1ccccc1. The van der Waals surface area contributed by atoms with Crippen LogP contribution in [0.1, 0.15) is 49.4 Å². The lowest BCUT2D eigenvalue weighted by molar-refractivity contribution is -0.139. The zero-order chi connectivity index (χ0) is 22.3. The summed E-state index contributed by atoms with van der Waals surface area (Å²) in [6.45, 7) is 1.73. The first-order valence-electron chi connectivity index (χ1n) is 9.92. The maximum atomic E-state index is 14.0. The number of aliphatic hydroxyl groups is 1. The van der Waals surface area contributed by atoms with E-state index in [4.69, 9.17) is 9.84 Å². The number of rotatable bonds is 10. The number of aliphatic hydroxyl groups excluding tert-OH is 1. The van der Waals surface area contributed by atoms with Crippen molar-refractivity contribution in [3.8, 4) is 0 Å². The molecule has 1 fully saturated rings. The summed E-state index contributed by atoms with van der Waals surface area (Å²) in [7, 11) is 0. The normalized spacial score (nSPS) is 24.1. The third-order valence-electron chi connectivity index (χ3n) is 5.24. The number of carboxylic acids is 1. The van der Waals surface area contributed by atoms with Crippen LogP contribution >= 0.6 is 0 Å². The fourth-order valence-corrected chi connectivity index (χ4v) is 3.59. The molecule has 0 saturated heterocycles. The van der Waals surface area contributed by atoms with E-state index >= 15 is 0 Å². The Morgan fingerprint density at radius 1 is 1.23 bits per heavy atom. The molecule has 2 N–H and O–H groups in total. The number of carboxylic acid groups (broad SMARTS) is 1. The van der Waals surface area contributed by atoms with Gasteiger partial charge in [-0.25, -0.2) is 4.79 Å². The van der Waals surface area contributed by atoms with E-state index in [-0.39, 0.29) is 18.4 Å². The van der Waals surface area contributed by atoms with Gasteiger partial charge in [-0.05, 0) is 24.6 Å². The first-order valence-corrected chi connectivity index (χ1v) is 9.92. The largest absolute Gasteiger partial charge is 0.481 e. The van der Waals surface area contributed by atoms with Crippen molar-refractivity contribution in [3.05, 3.63) is 48.0 Å². The monoisotopic (exact) mass is 424 g/mol. The van der Waals surface area contributed by atoms with Crippen LogP contribution in [-0.2, 0) is 14.3 Å². The minimum atomic E-state index is -3.53. The van der Waals surface area contributed by atoms with Gasteiger partial charge in [0.1, 0.15) is 6.10 Å². The lowest BCUT2D eigenvalue weighted by atomic mass is 9.89. The number of alkyl halides is 2. The van der Waals surface area contributed by atoms with Crippen LogP contribution in [0.25, 0.3) is 0 Å². The summed E-state index contributed by atoms with van der Waals surface area (Å²) in [4.78, 5) is 35.5. The Balaban J connectivity index is 2.20. The molecule has 4 atom stereocenters. The summed E-state index contributed by atoms with van der Waals surface area (Å²) >= 11 is 0. The number of esters is 1. The van der Waals surface area contributed by atoms with Gasteiger partial charge in [-0.15, -0.1) is 0 Å². The Hall–Kier alpha value is -2.61. The molecular weight excluding hydrogens is 398 g/mol. The number of halogens is 2. The van der Waals surface area contributed by atoms with Crippen molar-refractivity contribution in [2.45, 2.75) is 57.2 Å². The van der Waals surface area contributed by atoms with E-state index in [1.807, 2.05) is 0 Å². The van der Waals surface area contributed by atoms with E-state index in [9.17, 15) is 28.3 Å². The summed E-state index contributed by atoms with van der Waals surface area (Å²) < 4.78 is 33.4. The Kier molecular flexibility index (Phi) is 8.23. The van der Waals surface area contributed by atoms with Gasteiger partial charge in [0.25, 0.3) is 0 Å². The molecule has 1 saturated carbocycles. The molecule has 164 valence electrons. The van der Waals surface area contributed by atoms with Gasteiger partial charge in [-0.1, -0.05) is 37.6 Å². The summed E-state index contributed by atoms with van der Waals surface area (Å²) in [6.07, 6.45) is -0.559. The molecule has 0 radical (unpaired) electrons. The Bertz CT molecular complexity index is 777. The molecule has 8 heteroatoms. The van der Waals surface area contributed by atoms with Gasteiger partial charge in [0, 0.05) is 24.7 Å². The molecule has 1 aliphatic rings. The number of benzene rings is 1. The molecule has 1 aliphatic carbocycles. The summed E-state index contributed by atoms with van der Waals surface area (Å²) in [5.41, 5.74) is 0.263. The van der Waals surface area contributed by atoms with Gasteiger partial charge < -0.3 is 14.9 Å². The van der Waals surface area contributed by atoms with Crippen LogP contribution < -0.4 is 0 Å². The summed E-state index contributed by atoms with van der Waals surface area (Å²) in [6, 6.07) is 8.06. The molecule has 0 heterocycles. The smallest absolute Gasteiger partial charge is 0.338 e. The van der Waals surface area contributed by atoms with Crippen molar-refractivity contribution in [2.24, 2.45) is 11.8 Å². The van der Waals surface area contributed by atoms with Crippen LogP contribution in [0.3, 0.4) is 0 Å². The minimum absolute atomic E-state index is 0.0497. The van der Waals surface area contributed by atoms with E-state index < -0.39 is 60.5 Å². The molecule has 0 bridgehead atoms. The molecule has 30 heavy (non-hydrogen) atoms. The number of allylic oxidation sites excluding steroid dienone is 1. The van der Waals surface area contributed by atoms with Gasteiger partial charge in [0.15, 0.2) is 0 Å². The Labute approximate surface area is 173 Å². The molecule has 0 unspecified atom stereocenters. The third kappa shape index (κ3) is 6.19. The standard InChI is InChI=1S/C22H26F2O6/c1-2-3-11-22(23,24)19(26)10-9-15-16(12-20(27)28)17(25)13-18(15)30-21(29)14-7-5-4-6-8-14/h4-10,15-18,25H,2-3,11-13H2,1H3,(H,27,28)/t15-,16-,17+,18-/m1/s1. The topological polar surface area (TPSA) is 101 Å². The number of hydrogen-bond donors (Lipinski definition) is 2. The van der Waals surface area contributed by atoms with Crippen molar-refractivity contribution in [2.75, 3.05) is 0 Å². The highest BCUT2D eigenvalue weighted by molar-refractivity contribution is 5.95. The second-order valence-corrected chi connectivity index (χ2v) is 7.48. The molecule has 1 aromatic carbocycles. The predicted octanol–water partition coefficient (Wildman–Crippen LogP) is 3.63. The number of aliphatic carboxylic acids is 1. The molecule has 2 rings (SSSR count). The van der Waals surface area contributed by atoms with Gasteiger partial charge in [-0.3, -0.25) is 9.59 Å². The van der Waals surface area contributed by atoms with E-state index in [2.05, 4.69) is 0 Å². The van der Waals surface area contributed by atoms with E-state index in [0.717, 1.165) is 12.2 Å². The van der Waals surface area contributed by atoms with Crippen molar-refractivity contribution in [3.63, 3.8) is 0 Å². The first-order chi connectivity index (χ1) is 14.2. The molecule has 6 nitrogen and oxygen atoms in total. The van der Waals surface area contributed by atoms with E-state index in [1.165, 1.54) is 12.1 Å². The number of carbonyl (C=O) groups is 3. The fourth-order valence-electron chi connectivity index (χ4n) is 3.59. The molecule has 0 aromatic heterocycles. The molecular formula is C22H26F2O6. The fraction of sp³-hybridized carbons (Fsp3) is 0.500. The van der Waals surface area contributed by atoms with Crippen molar-refractivity contribution < 1.29 is 38.1 Å². The van der Waals surface area contributed by atoms with Crippen molar-refractivity contribution in [1.29, 1.82) is 0 Å². The van der Waals surface area contributed by atoms with Crippen LogP contribution in [0, 0.1) is 11.8 Å². The quantitative estimate of drug-likeness (QED) is 0.439. The highest BCUT2D eigenvalue weighted by Gasteiger charge is 2.45. The highest BCUT2D eigenvalue weighted by Crippen LogP contribution is 2.38. The number of unbranched alkanes of at least 4 members (excludes halogenated alkanes) is 1. The molecule has 0 aliphatic heterocycles. The maximum absolute atomic E-state index is 14.0. The molecule has 0 amide bonds. The molecule has 1 aromatic rings. The van der Waals surface area contributed by atoms with Gasteiger partial charge >= 0.3 is 17.9 Å². The second kappa shape index (κ2) is 10.4. The Morgan fingerprint density at radius 3 is 2.50 bits per heavy atom. The number of ether oxygens (including phenoxy) is 1. The average molecular weight is 424 g/mol. The van der Waals surface area contributed by atoms with Gasteiger partial charge in [-0.2, -0.15) is 8.78 Å². The molecule has 0 spiro atoms. The zero-order valence-corrected chi connectivity index (χ0v) is 16.7. The van der Waals surface area contributed by atoms with Crippen LogP contribution in [0.4, 0.5) is 8.78 Å². The van der Waals surface area contributed by atoms with Crippen LogP contribution in [-0.4, -0.2) is 46.1 Å². The number of hydrogen-bond acceptors (Lipinski definition) is 5. The third-order valence-corrected chi connectivity index (χ3v) is 5.24. The summed E-state index contributed by atoms with van der Waals surface area (Å²) in [5, 5.41) is 19.4. The van der Waals surface area contributed by atoms with E-state index in [1.54, 1.807) is 25.1 Å². The van der Waals surface area contributed by atoms with E-state index in [0.29, 0.717) is 6.42 Å². The van der Waals surface area contributed by atoms with Crippen molar-refractivity contribution >= 4 is 17.7 Å². The first kappa shape index (κ1) is 23.7. The van der Waals surface area contributed by atoms with Gasteiger partial charge in [0.2, 0.25) is 5.78 Å². The van der Waals surface area contributed by atoms with Crippen LogP contribution in [0.15, 0.2) is 42.5 Å². The second-order valence-electron chi connectivity index (χ2n) is 7.48. The van der Waals surface area contributed by atoms with Gasteiger partial charge in [0.05, 0.1) is 18.1 Å². The van der Waals surface area contributed by atoms with Crippen molar-refractivity contribution in [1.82, 2.24) is 0 Å². The minimum Gasteiger partial charge on any atom is -0.481 e. The zero-order valence-electron chi connectivity index (χ0n) is 16.7. The summed E-state index contributed by atoms with van der Waals surface area (Å²) in [5.74, 6) is -8.53. The highest BCUT2D eigenvalue weighted by atomic mass is 19.3.